The third kappa shape index (κ3) is 6.82. The van der Waals surface area contributed by atoms with Crippen molar-refractivity contribution in [2.24, 2.45) is 0 Å². The van der Waals surface area contributed by atoms with Gasteiger partial charge in [-0.3, -0.25) is 0 Å². The molecule has 32 heavy (non-hydrogen) atoms. The number of hydrogen-bond acceptors (Lipinski definition) is 0. The van der Waals surface area contributed by atoms with E-state index in [-0.39, 0.29) is 0 Å². The molecule has 4 rings (SSSR count). The summed E-state index contributed by atoms with van der Waals surface area (Å²) in [5.74, 6) is 4.45. The van der Waals surface area contributed by atoms with Gasteiger partial charge in [-0.05, 0) is 19.3 Å². The Morgan fingerprint density at radius 3 is 1.22 bits per heavy atom. The normalized spacial score (nSPS) is 32.1. The van der Waals surface area contributed by atoms with Crippen LogP contribution in [0.4, 0.5) is 0 Å². The topological polar surface area (TPSA) is 0 Å². The fourth-order valence-electron chi connectivity index (χ4n) is 9.19. The number of quaternary nitrogens is 1. The fraction of sp³-hybridized carbons (Fsp3) is 1.00. The molecular weight excluding hydrogens is 384 g/mol. The molecule has 182 valence electrons. The Hall–Kier alpha value is 0.0899. The van der Waals surface area contributed by atoms with Crippen molar-refractivity contribution in [3.63, 3.8) is 0 Å². The molecule has 0 spiro atoms. The van der Waals surface area contributed by atoms with E-state index in [0.29, 0.717) is 0 Å². The van der Waals surface area contributed by atoms with Crippen molar-refractivity contribution in [1.82, 2.24) is 0 Å². The Balaban J connectivity index is 1.17. The summed E-state index contributed by atoms with van der Waals surface area (Å²) in [5.41, 5.74) is 0. The summed E-state index contributed by atoms with van der Waals surface area (Å²) in [6.07, 6.45) is 30.6. The van der Waals surface area contributed by atoms with Crippen molar-refractivity contribution in [3.8, 4) is 0 Å². The molecule has 3 heteroatoms. The highest BCUT2D eigenvalue weighted by atomic mass is 15.3. The lowest BCUT2D eigenvalue weighted by Crippen LogP contribution is -2.46. The van der Waals surface area contributed by atoms with Crippen LogP contribution in [0.15, 0.2) is 0 Å². The first-order valence-electron chi connectivity index (χ1n) is 15.5. The standard InChI is InChI=1S/C29H56B2N/c1-3-4-23-32(2,24-7-5-21-30-26-13-9-14-27(30)16-10-15-26)25-8-6-22-31-28-17-11-18-29(31)20-12-19-28/h26-29H,3-25H2,1-2H3/q+1. The van der Waals surface area contributed by atoms with E-state index < -0.39 is 0 Å². The lowest BCUT2D eigenvalue weighted by atomic mass is 9.26. The summed E-state index contributed by atoms with van der Waals surface area (Å²) in [5, 5.41) is 0. The quantitative estimate of drug-likeness (QED) is 0.152. The lowest BCUT2D eigenvalue weighted by molar-refractivity contribution is -0.910. The molecule has 4 bridgehead atoms. The SMILES string of the molecule is CCCC[N+](C)(CCCCB1C2CCCC1CCC2)CCCCB1C2CCCC1CCC2. The molecule has 4 aliphatic rings. The summed E-state index contributed by atoms with van der Waals surface area (Å²) >= 11 is 0. The molecule has 0 unspecified atom stereocenters. The van der Waals surface area contributed by atoms with Crippen LogP contribution >= 0.6 is 0 Å². The smallest absolute Gasteiger partial charge is 0.146 e. The molecule has 4 saturated heterocycles. The van der Waals surface area contributed by atoms with Crippen molar-refractivity contribution in [1.29, 1.82) is 0 Å². The Morgan fingerprint density at radius 2 is 0.875 bits per heavy atom. The van der Waals surface area contributed by atoms with Gasteiger partial charge in [0, 0.05) is 0 Å². The number of nitrogens with zero attached hydrogens (tertiary/aromatic N) is 1. The van der Waals surface area contributed by atoms with Crippen LogP contribution in [0.2, 0.25) is 35.9 Å². The second-order valence-corrected chi connectivity index (χ2v) is 13.2. The van der Waals surface area contributed by atoms with Gasteiger partial charge < -0.3 is 4.48 Å². The minimum Gasteiger partial charge on any atom is -0.326 e. The number of unbranched alkanes of at least 4 members (excludes halogenated alkanes) is 3. The molecule has 0 amide bonds. The van der Waals surface area contributed by atoms with Gasteiger partial charge >= 0.3 is 0 Å². The molecule has 0 aromatic rings. The van der Waals surface area contributed by atoms with Gasteiger partial charge in [0.15, 0.2) is 0 Å². The lowest BCUT2D eigenvalue weighted by Gasteiger charge is -2.41. The van der Waals surface area contributed by atoms with Crippen molar-refractivity contribution in [2.45, 2.75) is 158 Å². The predicted molar refractivity (Wildman–Crippen MR) is 146 cm³/mol. The average molecular weight is 440 g/mol. The number of rotatable bonds is 13. The van der Waals surface area contributed by atoms with E-state index in [1.54, 1.807) is 89.7 Å². The molecule has 4 heterocycles. The second-order valence-electron chi connectivity index (χ2n) is 13.2. The number of hydrogen-bond donors (Lipinski definition) is 0. The first-order valence-corrected chi connectivity index (χ1v) is 15.5. The van der Waals surface area contributed by atoms with E-state index in [2.05, 4.69) is 14.0 Å². The summed E-state index contributed by atoms with van der Waals surface area (Å²) in [7, 11) is 2.61. The van der Waals surface area contributed by atoms with Gasteiger partial charge in [-0.25, -0.2) is 0 Å². The van der Waals surface area contributed by atoms with Gasteiger partial charge in [0.1, 0.15) is 13.4 Å². The van der Waals surface area contributed by atoms with Gasteiger partial charge in [0.05, 0.1) is 26.7 Å². The monoisotopic (exact) mass is 440 g/mol. The van der Waals surface area contributed by atoms with E-state index in [0.717, 1.165) is 36.7 Å². The fourth-order valence-corrected chi connectivity index (χ4v) is 9.19. The van der Waals surface area contributed by atoms with Gasteiger partial charge in [-0.2, -0.15) is 0 Å². The molecule has 0 saturated carbocycles. The van der Waals surface area contributed by atoms with E-state index >= 15 is 0 Å². The zero-order valence-electron chi connectivity index (χ0n) is 22.2. The van der Waals surface area contributed by atoms with Crippen LogP contribution in [0, 0.1) is 0 Å². The zero-order valence-corrected chi connectivity index (χ0v) is 22.2. The largest absolute Gasteiger partial charge is 0.326 e. The maximum Gasteiger partial charge on any atom is 0.146 e. The summed E-state index contributed by atoms with van der Waals surface area (Å²) in [4.78, 5) is 0. The van der Waals surface area contributed by atoms with Crippen LogP contribution in [0.3, 0.4) is 0 Å². The van der Waals surface area contributed by atoms with Crippen LogP contribution in [0.5, 0.6) is 0 Å². The molecule has 4 fully saturated rings. The Bertz CT molecular complexity index is 453. The molecule has 0 atom stereocenters. The van der Waals surface area contributed by atoms with E-state index in [9.17, 15) is 0 Å². The molecule has 0 aromatic heterocycles. The predicted octanol–water partition coefficient (Wildman–Crippen LogP) is 9.00. The van der Waals surface area contributed by atoms with Gasteiger partial charge in [0.25, 0.3) is 0 Å². The van der Waals surface area contributed by atoms with Gasteiger partial charge in [-0.1, -0.05) is 139 Å². The third-order valence-corrected chi connectivity index (χ3v) is 11.0. The molecular formula is C29H56B2N+. The highest BCUT2D eigenvalue weighted by molar-refractivity contribution is 6.63. The summed E-state index contributed by atoms with van der Waals surface area (Å²) in [6, 6.07) is 0. The van der Waals surface area contributed by atoms with Crippen molar-refractivity contribution < 1.29 is 4.48 Å². The van der Waals surface area contributed by atoms with Crippen LogP contribution in [0.1, 0.15) is 122 Å². The Morgan fingerprint density at radius 1 is 0.531 bits per heavy atom. The zero-order chi connectivity index (χ0) is 22.2. The first-order chi connectivity index (χ1) is 15.7. The highest BCUT2D eigenvalue weighted by Gasteiger charge is 2.39. The molecule has 0 radical (unpaired) electrons. The van der Waals surface area contributed by atoms with Gasteiger partial charge in [0.2, 0.25) is 0 Å². The van der Waals surface area contributed by atoms with Crippen LogP contribution < -0.4 is 0 Å². The highest BCUT2D eigenvalue weighted by Crippen LogP contribution is 2.49. The minimum atomic E-state index is 1.11. The van der Waals surface area contributed by atoms with Crippen LogP contribution in [-0.4, -0.2) is 44.6 Å². The van der Waals surface area contributed by atoms with E-state index in [4.69, 9.17) is 0 Å². The maximum atomic E-state index is 2.61. The van der Waals surface area contributed by atoms with E-state index in [1.165, 1.54) is 62.6 Å². The first kappa shape index (κ1) is 25.2. The van der Waals surface area contributed by atoms with Crippen LogP contribution in [-0.2, 0) is 0 Å². The Kier molecular flexibility index (Phi) is 9.99. The summed E-state index contributed by atoms with van der Waals surface area (Å²) < 4.78 is 1.38. The average Bonchev–Trinajstić information content (AvgIpc) is 2.78. The van der Waals surface area contributed by atoms with Crippen LogP contribution in [0.25, 0.3) is 0 Å². The third-order valence-electron chi connectivity index (χ3n) is 11.0. The number of fused-ring (bicyclic) bond motifs is 4. The molecule has 1 nitrogen and oxygen atoms in total. The van der Waals surface area contributed by atoms with E-state index in [1.807, 2.05) is 0 Å². The van der Waals surface area contributed by atoms with Gasteiger partial charge in [-0.15, -0.1) is 0 Å². The maximum absolute atomic E-state index is 2.61. The summed E-state index contributed by atoms with van der Waals surface area (Å²) in [6.45, 7) is 8.95. The second kappa shape index (κ2) is 12.7. The van der Waals surface area contributed by atoms with Crippen molar-refractivity contribution in [3.05, 3.63) is 0 Å². The Labute approximate surface area is 203 Å². The minimum absolute atomic E-state index is 1.11. The molecule has 0 aliphatic carbocycles. The molecule has 0 aromatic carbocycles. The van der Waals surface area contributed by atoms with Crippen molar-refractivity contribution in [2.75, 3.05) is 26.7 Å². The molecule has 0 N–H and O–H groups in total. The van der Waals surface area contributed by atoms with Crippen molar-refractivity contribution >= 4 is 13.4 Å². The molecule has 4 aliphatic heterocycles.